The van der Waals surface area contributed by atoms with E-state index >= 15 is 0 Å². The molecule has 0 heterocycles. The molecule has 1 atom stereocenters. The standard InChI is InChI=1S/C17H15F5O2/c1-8(2)5-6-10(7-9(3)4)24-17(23)11-12(18)14(20)16(22)15(21)13(11)19/h9-10H,1,7H2,2-4H3. The van der Waals surface area contributed by atoms with Crippen molar-refractivity contribution >= 4 is 5.97 Å². The molecule has 0 N–H and O–H groups in total. The number of benzene rings is 1. The van der Waals surface area contributed by atoms with Crippen molar-refractivity contribution in [3.63, 3.8) is 0 Å². The first kappa shape index (κ1) is 19.7. The average molecular weight is 346 g/mol. The zero-order valence-corrected chi connectivity index (χ0v) is 13.3. The lowest BCUT2D eigenvalue weighted by Crippen LogP contribution is -2.22. The van der Waals surface area contributed by atoms with Crippen molar-refractivity contribution in [2.45, 2.75) is 33.3 Å². The first-order valence-corrected chi connectivity index (χ1v) is 6.95. The quantitative estimate of drug-likeness (QED) is 0.263. The third kappa shape index (κ3) is 4.57. The van der Waals surface area contributed by atoms with Crippen LogP contribution in [-0.2, 0) is 4.74 Å². The van der Waals surface area contributed by atoms with Gasteiger partial charge in [-0.05, 0) is 24.8 Å². The highest BCUT2D eigenvalue weighted by atomic mass is 19.2. The van der Waals surface area contributed by atoms with Crippen LogP contribution in [0.25, 0.3) is 0 Å². The third-order valence-electron chi connectivity index (χ3n) is 2.80. The summed E-state index contributed by atoms with van der Waals surface area (Å²) < 4.78 is 71.3. The highest BCUT2D eigenvalue weighted by Gasteiger charge is 2.31. The molecule has 1 aromatic carbocycles. The van der Waals surface area contributed by atoms with Gasteiger partial charge in [0.25, 0.3) is 0 Å². The third-order valence-corrected chi connectivity index (χ3v) is 2.80. The van der Waals surface area contributed by atoms with Crippen molar-refractivity contribution in [1.29, 1.82) is 0 Å². The molecule has 130 valence electrons. The van der Waals surface area contributed by atoms with E-state index in [4.69, 9.17) is 4.74 Å². The van der Waals surface area contributed by atoms with Gasteiger partial charge in [-0.25, -0.2) is 26.7 Å². The van der Waals surface area contributed by atoms with Crippen LogP contribution in [0.5, 0.6) is 0 Å². The predicted octanol–water partition coefficient (Wildman–Crippen LogP) is 4.53. The molecule has 2 nitrogen and oxygen atoms in total. The summed E-state index contributed by atoms with van der Waals surface area (Å²) in [5.41, 5.74) is -1.19. The summed E-state index contributed by atoms with van der Waals surface area (Å²) in [5, 5.41) is 0. The van der Waals surface area contributed by atoms with E-state index in [1.54, 1.807) is 20.8 Å². The summed E-state index contributed by atoms with van der Waals surface area (Å²) in [6, 6.07) is 0. The molecule has 0 fully saturated rings. The fourth-order valence-electron chi connectivity index (χ4n) is 1.74. The van der Waals surface area contributed by atoms with E-state index in [2.05, 4.69) is 18.4 Å². The van der Waals surface area contributed by atoms with Crippen molar-refractivity contribution in [3.8, 4) is 11.8 Å². The molecule has 0 aliphatic heterocycles. The molecule has 0 bridgehead atoms. The number of hydrogen-bond acceptors (Lipinski definition) is 2. The van der Waals surface area contributed by atoms with Gasteiger partial charge in [0.2, 0.25) is 5.82 Å². The monoisotopic (exact) mass is 346 g/mol. The minimum atomic E-state index is -2.35. The topological polar surface area (TPSA) is 26.3 Å². The molecule has 0 saturated carbocycles. The molecule has 0 aromatic heterocycles. The maximum absolute atomic E-state index is 13.6. The number of carbonyl (C=O) groups excluding carboxylic acids is 1. The number of hydrogen-bond donors (Lipinski definition) is 0. The van der Waals surface area contributed by atoms with Crippen molar-refractivity contribution in [1.82, 2.24) is 0 Å². The largest absolute Gasteiger partial charge is 0.445 e. The van der Waals surface area contributed by atoms with Gasteiger partial charge in [0.05, 0.1) is 0 Å². The lowest BCUT2D eigenvalue weighted by molar-refractivity contribution is 0.0363. The Bertz CT molecular complexity index is 700. The molecule has 0 aliphatic carbocycles. The smallest absolute Gasteiger partial charge is 0.345 e. The van der Waals surface area contributed by atoms with Crippen molar-refractivity contribution in [3.05, 3.63) is 46.8 Å². The number of esters is 1. The summed E-state index contributed by atoms with van der Waals surface area (Å²) in [5.74, 6) is -7.85. The Kier molecular flexibility index (Phi) is 6.52. The summed E-state index contributed by atoms with van der Waals surface area (Å²) in [4.78, 5) is 11.9. The zero-order chi connectivity index (χ0) is 18.6. The Morgan fingerprint density at radius 1 is 1.04 bits per heavy atom. The van der Waals surface area contributed by atoms with Crippen molar-refractivity contribution in [2.24, 2.45) is 5.92 Å². The zero-order valence-electron chi connectivity index (χ0n) is 13.3. The van der Waals surface area contributed by atoms with Crippen LogP contribution in [0.3, 0.4) is 0 Å². The number of ether oxygens (including phenoxy) is 1. The first-order chi connectivity index (χ1) is 11.1. The van der Waals surface area contributed by atoms with Gasteiger partial charge in [-0.2, -0.15) is 0 Å². The molecule has 1 aromatic rings. The molecule has 1 unspecified atom stereocenters. The summed E-state index contributed by atoms with van der Waals surface area (Å²) in [6.07, 6.45) is -0.870. The van der Waals surface area contributed by atoms with Gasteiger partial charge in [0, 0.05) is 0 Å². The van der Waals surface area contributed by atoms with Gasteiger partial charge in [-0.1, -0.05) is 32.3 Å². The number of carbonyl (C=O) groups is 1. The van der Waals surface area contributed by atoms with Crippen LogP contribution in [0.1, 0.15) is 37.6 Å². The fraction of sp³-hybridized carbons (Fsp3) is 0.353. The van der Waals surface area contributed by atoms with E-state index in [0.29, 0.717) is 5.57 Å². The minimum Gasteiger partial charge on any atom is -0.445 e. The first-order valence-electron chi connectivity index (χ1n) is 6.95. The van der Waals surface area contributed by atoms with E-state index in [0.717, 1.165) is 0 Å². The van der Waals surface area contributed by atoms with E-state index in [-0.39, 0.29) is 12.3 Å². The SMILES string of the molecule is C=C(C)C#CC(CC(C)C)OC(=O)c1c(F)c(F)c(F)c(F)c1F. The van der Waals surface area contributed by atoms with Crippen LogP contribution in [0.15, 0.2) is 12.2 Å². The lowest BCUT2D eigenvalue weighted by Gasteiger charge is -2.15. The number of allylic oxidation sites excluding steroid dienone is 1. The molecule has 1 rings (SSSR count). The Morgan fingerprint density at radius 2 is 1.50 bits per heavy atom. The minimum absolute atomic E-state index is 0.00129. The second-order valence-electron chi connectivity index (χ2n) is 5.52. The van der Waals surface area contributed by atoms with E-state index < -0.39 is 46.7 Å². The van der Waals surface area contributed by atoms with Gasteiger partial charge in [-0.3, -0.25) is 0 Å². The van der Waals surface area contributed by atoms with Crippen molar-refractivity contribution < 1.29 is 31.5 Å². The maximum atomic E-state index is 13.6. The van der Waals surface area contributed by atoms with Crippen LogP contribution in [-0.4, -0.2) is 12.1 Å². The second kappa shape index (κ2) is 7.95. The molecular weight excluding hydrogens is 331 g/mol. The van der Waals surface area contributed by atoms with Crippen LogP contribution in [0.4, 0.5) is 22.0 Å². The average Bonchev–Trinajstić information content (AvgIpc) is 2.48. The highest BCUT2D eigenvalue weighted by molar-refractivity contribution is 5.90. The normalized spacial score (nSPS) is 11.7. The lowest BCUT2D eigenvalue weighted by atomic mass is 10.1. The molecule has 0 amide bonds. The second-order valence-corrected chi connectivity index (χ2v) is 5.52. The maximum Gasteiger partial charge on any atom is 0.345 e. The van der Waals surface area contributed by atoms with Crippen LogP contribution >= 0.6 is 0 Å². The van der Waals surface area contributed by atoms with Gasteiger partial charge in [0.15, 0.2) is 29.4 Å². The summed E-state index contributed by atoms with van der Waals surface area (Å²) in [6.45, 7) is 8.68. The Labute approximate surface area is 136 Å². The van der Waals surface area contributed by atoms with E-state index in [9.17, 15) is 26.7 Å². The molecule has 0 saturated heterocycles. The van der Waals surface area contributed by atoms with E-state index in [1.165, 1.54) is 0 Å². The van der Waals surface area contributed by atoms with Gasteiger partial charge < -0.3 is 4.74 Å². The van der Waals surface area contributed by atoms with Gasteiger partial charge >= 0.3 is 5.97 Å². The highest BCUT2D eigenvalue weighted by Crippen LogP contribution is 2.24. The Balaban J connectivity index is 3.22. The van der Waals surface area contributed by atoms with Crippen LogP contribution in [0, 0.1) is 46.8 Å². The molecular formula is C17H15F5O2. The molecule has 0 radical (unpaired) electrons. The number of halogens is 5. The predicted molar refractivity (Wildman–Crippen MR) is 77.5 cm³/mol. The summed E-state index contributed by atoms with van der Waals surface area (Å²) in [7, 11) is 0. The van der Waals surface area contributed by atoms with Gasteiger partial charge in [0.1, 0.15) is 5.56 Å². The summed E-state index contributed by atoms with van der Waals surface area (Å²) >= 11 is 0. The van der Waals surface area contributed by atoms with Crippen molar-refractivity contribution in [2.75, 3.05) is 0 Å². The number of rotatable bonds is 4. The fourth-order valence-corrected chi connectivity index (χ4v) is 1.74. The molecule has 0 spiro atoms. The molecule has 7 heteroatoms. The molecule has 0 aliphatic rings. The Morgan fingerprint density at radius 3 is 1.92 bits per heavy atom. The molecule has 24 heavy (non-hydrogen) atoms. The van der Waals surface area contributed by atoms with E-state index in [1.807, 2.05) is 0 Å². The Hall–Kier alpha value is -2.36. The van der Waals surface area contributed by atoms with Gasteiger partial charge in [-0.15, -0.1) is 0 Å². The van der Waals surface area contributed by atoms with Crippen LogP contribution < -0.4 is 0 Å². The van der Waals surface area contributed by atoms with Crippen LogP contribution in [0.2, 0.25) is 0 Å².